The number of benzene rings is 1. The van der Waals surface area contributed by atoms with Gasteiger partial charge in [-0.15, -0.1) is 11.3 Å². The number of nitrogens with one attached hydrogen (secondary N) is 1. The highest BCUT2D eigenvalue weighted by atomic mass is 32.1. The van der Waals surface area contributed by atoms with Crippen LogP contribution in [-0.2, 0) is 6.54 Å². The number of nitrogens with two attached hydrogens (primary N) is 1. The summed E-state index contributed by atoms with van der Waals surface area (Å²) in [7, 11) is 1.46. The molecule has 0 saturated heterocycles. The predicted octanol–water partition coefficient (Wildman–Crippen LogP) is 3.45. The normalized spacial score (nSPS) is 12.4. The van der Waals surface area contributed by atoms with Crippen LogP contribution in [0.4, 0.5) is 18.9 Å². The lowest BCUT2D eigenvalue weighted by atomic mass is 10.1. The Kier molecular flexibility index (Phi) is 5.62. The second-order valence-electron chi connectivity index (χ2n) is 4.69. The lowest BCUT2D eigenvalue weighted by Gasteiger charge is -2.12. The summed E-state index contributed by atoms with van der Waals surface area (Å²) >= 11 is 1.46. The molecule has 0 aliphatic heterocycles. The van der Waals surface area contributed by atoms with Gasteiger partial charge in [0.1, 0.15) is 11.6 Å². The van der Waals surface area contributed by atoms with Crippen molar-refractivity contribution < 1.29 is 17.9 Å². The van der Waals surface area contributed by atoms with Gasteiger partial charge in [0.25, 0.3) is 0 Å². The number of thiophene rings is 1. The van der Waals surface area contributed by atoms with E-state index in [-0.39, 0.29) is 6.54 Å². The van der Waals surface area contributed by atoms with Gasteiger partial charge < -0.3 is 15.8 Å². The quantitative estimate of drug-likeness (QED) is 0.624. The molecule has 0 bridgehead atoms. The average Bonchev–Trinajstić information content (AvgIpc) is 3.00. The number of amidine groups is 1. The molecule has 0 spiro atoms. The molecule has 1 aromatic carbocycles. The number of aliphatic imine (C=N–C) groups is 1. The molecule has 1 aromatic heterocycles. The largest absolute Gasteiger partial charge is 0.496 e. The second kappa shape index (κ2) is 7.47. The molecule has 3 N–H and O–H groups in total. The van der Waals surface area contributed by atoms with Crippen LogP contribution in [0.3, 0.4) is 0 Å². The van der Waals surface area contributed by atoms with Crippen LogP contribution in [-0.4, -0.2) is 25.7 Å². The van der Waals surface area contributed by atoms with Crippen LogP contribution in [0.25, 0.3) is 0 Å². The molecule has 0 fully saturated rings. The highest BCUT2D eigenvalue weighted by Gasteiger charge is 2.26. The Bertz CT molecular complexity index is 669. The van der Waals surface area contributed by atoms with Crippen molar-refractivity contribution in [2.24, 2.45) is 10.7 Å². The topological polar surface area (TPSA) is 59.6 Å². The zero-order chi connectivity index (χ0) is 16.9. The zero-order valence-corrected chi connectivity index (χ0v) is 13.2. The molecule has 0 amide bonds. The number of rotatable bonds is 6. The Labute approximate surface area is 135 Å². The molecule has 124 valence electrons. The van der Waals surface area contributed by atoms with Gasteiger partial charge in [0.15, 0.2) is 0 Å². The summed E-state index contributed by atoms with van der Waals surface area (Å²) < 4.78 is 41.8. The van der Waals surface area contributed by atoms with Crippen molar-refractivity contribution in [3.8, 4) is 5.75 Å². The minimum atomic E-state index is -4.26. The summed E-state index contributed by atoms with van der Waals surface area (Å²) in [6, 6.07) is 8.72. The number of halogens is 3. The minimum absolute atomic E-state index is 0.0188. The number of alkyl halides is 3. The third kappa shape index (κ3) is 5.26. The highest BCUT2D eigenvalue weighted by molar-refractivity contribution is 7.12. The third-order valence-corrected chi connectivity index (χ3v) is 3.82. The molecule has 0 saturated carbocycles. The van der Waals surface area contributed by atoms with Crippen LogP contribution in [0, 0.1) is 0 Å². The first-order valence-electron chi connectivity index (χ1n) is 6.71. The van der Waals surface area contributed by atoms with Crippen molar-refractivity contribution in [2.75, 3.05) is 13.7 Å². The van der Waals surface area contributed by atoms with Crippen LogP contribution in [0.15, 0.2) is 40.7 Å². The van der Waals surface area contributed by atoms with E-state index in [1.165, 1.54) is 18.4 Å². The molecule has 0 unspecified atom stereocenters. The van der Waals surface area contributed by atoms with Gasteiger partial charge in [-0.05, 0) is 29.6 Å². The molecular weight excluding hydrogens is 327 g/mol. The van der Waals surface area contributed by atoms with E-state index in [0.29, 0.717) is 22.8 Å². The molecule has 8 heteroatoms. The molecule has 0 radical (unpaired) electrons. The highest BCUT2D eigenvalue weighted by Crippen LogP contribution is 2.25. The first kappa shape index (κ1) is 17.3. The summed E-state index contributed by atoms with van der Waals surface area (Å²) in [5, 5.41) is 4.23. The summed E-state index contributed by atoms with van der Waals surface area (Å²) in [6.07, 6.45) is -4.26. The van der Waals surface area contributed by atoms with E-state index in [0.717, 1.165) is 4.88 Å². The molecular formula is C15H16F3N3OS. The first-order chi connectivity index (χ1) is 10.9. The summed E-state index contributed by atoms with van der Waals surface area (Å²) in [5.74, 6) is 0.854. The number of methoxy groups -OCH3 is 1. The first-order valence-corrected chi connectivity index (χ1v) is 7.59. The van der Waals surface area contributed by atoms with Crippen molar-refractivity contribution >= 4 is 22.9 Å². The smallest absolute Gasteiger partial charge is 0.401 e. The lowest BCUT2D eigenvalue weighted by molar-refractivity contribution is -0.125. The van der Waals surface area contributed by atoms with Crippen molar-refractivity contribution in [3.63, 3.8) is 0 Å². The summed E-state index contributed by atoms with van der Waals surface area (Å²) in [6.45, 7) is -1.05. The summed E-state index contributed by atoms with van der Waals surface area (Å²) in [4.78, 5) is 5.12. The standard InChI is InChI=1S/C15H16F3N3OS/c1-22-12-5-4-11(21-14(19)13-3-2-6-23-13)7-10(12)8-20-9-15(16,17)18/h2-7,20H,8-9H2,1H3,(H2,19,21). The maximum atomic E-state index is 12.2. The Morgan fingerprint density at radius 3 is 2.74 bits per heavy atom. The fourth-order valence-corrected chi connectivity index (χ4v) is 2.56. The molecule has 0 aliphatic carbocycles. The maximum absolute atomic E-state index is 12.2. The van der Waals surface area contributed by atoms with Gasteiger partial charge in [0.2, 0.25) is 0 Å². The van der Waals surface area contributed by atoms with Gasteiger partial charge in [0, 0.05) is 12.1 Å². The van der Waals surface area contributed by atoms with Gasteiger partial charge in [-0.1, -0.05) is 6.07 Å². The molecule has 0 atom stereocenters. The number of nitrogens with zero attached hydrogens (tertiary/aromatic N) is 1. The maximum Gasteiger partial charge on any atom is 0.401 e. The van der Waals surface area contributed by atoms with Gasteiger partial charge in [-0.3, -0.25) is 0 Å². The third-order valence-electron chi connectivity index (χ3n) is 2.93. The van der Waals surface area contributed by atoms with Gasteiger partial charge in [-0.25, -0.2) is 4.99 Å². The van der Waals surface area contributed by atoms with Gasteiger partial charge in [0.05, 0.1) is 24.2 Å². The van der Waals surface area contributed by atoms with Crippen molar-refractivity contribution in [2.45, 2.75) is 12.7 Å². The predicted molar refractivity (Wildman–Crippen MR) is 85.5 cm³/mol. The van der Waals surface area contributed by atoms with E-state index in [2.05, 4.69) is 10.3 Å². The monoisotopic (exact) mass is 343 g/mol. The SMILES string of the molecule is COc1ccc(N=C(N)c2cccs2)cc1CNCC(F)(F)F. The van der Waals surface area contributed by atoms with Crippen LogP contribution in [0.2, 0.25) is 0 Å². The van der Waals surface area contributed by atoms with E-state index in [1.54, 1.807) is 18.2 Å². The minimum Gasteiger partial charge on any atom is -0.496 e. The fraction of sp³-hybridized carbons (Fsp3) is 0.267. The Morgan fingerprint density at radius 1 is 1.35 bits per heavy atom. The van der Waals surface area contributed by atoms with Crippen LogP contribution < -0.4 is 15.8 Å². The lowest BCUT2D eigenvalue weighted by Crippen LogP contribution is -2.28. The average molecular weight is 343 g/mol. The Morgan fingerprint density at radius 2 is 2.13 bits per heavy atom. The zero-order valence-electron chi connectivity index (χ0n) is 12.4. The molecule has 4 nitrogen and oxygen atoms in total. The van der Waals surface area contributed by atoms with Crippen molar-refractivity contribution in [1.29, 1.82) is 0 Å². The summed E-state index contributed by atoms with van der Waals surface area (Å²) in [5.41, 5.74) is 7.05. The molecule has 2 rings (SSSR count). The van der Waals surface area contributed by atoms with E-state index in [1.807, 2.05) is 17.5 Å². The van der Waals surface area contributed by atoms with Crippen molar-refractivity contribution in [3.05, 3.63) is 46.2 Å². The van der Waals surface area contributed by atoms with E-state index in [4.69, 9.17) is 10.5 Å². The molecule has 1 heterocycles. The number of hydrogen-bond donors (Lipinski definition) is 2. The van der Waals surface area contributed by atoms with Gasteiger partial charge in [-0.2, -0.15) is 13.2 Å². The number of hydrogen-bond acceptors (Lipinski definition) is 4. The van der Waals surface area contributed by atoms with Crippen LogP contribution in [0.1, 0.15) is 10.4 Å². The Balaban J connectivity index is 2.16. The van der Waals surface area contributed by atoms with Crippen molar-refractivity contribution in [1.82, 2.24) is 5.32 Å². The molecule has 0 aliphatic rings. The Hall–Kier alpha value is -2.06. The number of ether oxygens (including phenoxy) is 1. The fourth-order valence-electron chi connectivity index (χ4n) is 1.93. The van der Waals surface area contributed by atoms with E-state index < -0.39 is 12.7 Å². The molecule has 23 heavy (non-hydrogen) atoms. The van der Waals surface area contributed by atoms with E-state index in [9.17, 15) is 13.2 Å². The van der Waals surface area contributed by atoms with Crippen LogP contribution >= 0.6 is 11.3 Å². The molecule has 2 aromatic rings. The van der Waals surface area contributed by atoms with Gasteiger partial charge >= 0.3 is 6.18 Å². The second-order valence-corrected chi connectivity index (χ2v) is 5.64. The van der Waals surface area contributed by atoms with E-state index >= 15 is 0 Å². The van der Waals surface area contributed by atoms with Crippen LogP contribution in [0.5, 0.6) is 5.75 Å².